The van der Waals surface area contributed by atoms with E-state index in [0.717, 1.165) is 0 Å². The van der Waals surface area contributed by atoms with Crippen LogP contribution in [0.15, 0.2) is 72.9 Å². The van der Waals surface area contributed by atoms with Gasteiger partial charge >= 0.3 is 0 Å². The van der Waals surface area contributed by atoms with Crippen LogP contribution in [0.2, 0.25) is 0 Å². The lowest BCUT2D eigenvalue weighted by atomic mass is 9.85. The Labute approximate surface area is 215 Å². The smallest absolute Gasteiger partial charge is 0.206 e. The molecular weight excluding hydrogens is 417 g/mol. The van der Waals surface area contributed by atoms with Gasteiger partial charge in [0.2, 0.25) is 5.69 Å². The number of aryl methyl sites for hydroxylation is 4. The van der Waals surface area contributed by atoms with Gasteiger partial charge in [0.05, 0.1) is 0 Å². The Hall–Kier alpha value is -3.26. The van der Waals surface area contributed by atoms with E-state index in [4.69, 9.17) is 11.0 Å². The summed E-state index contributed by atoms with van der Waals surface area (Å²) in [4.78, 5) is 0. The Morgan fingerprint density at radius 1 is 0.853 bits per heavy atom. The largest absolute Gasteiger partial charge is 0.213 e. The summed E-state index contributed by atoms with van der Waals surface area (Å²) in [6, 6.07) is 18.3. The molecule has 174 valence electrons. The lowest BCUT2D eigenvalue weighted by Gasteiger charge is -2.20. The van der Waals surface area contributed by atoms with Gasteiger partial charge in [0.15, 0.2) is 6.20 Å². The zero-order valence-electron chi connectivity index (χ0n) is 28.3. The summed E-state index contributed by atoms with van der Waals surface area (Å²) in [6.07, 6.45) is -0.302. The molecular formula is C32H35FN+. The number of halogens is 1. The molecule has 4 rings (SSSR count). The van der Waals surface area contributed by atoms with Crippen LogP contribution in [0.4, 0.5) is 4.39 Å². The van der Waals surface area contributed by atoms with E-state index in [9.17, 15) is 0 Å². The standard InChI is InChI=1S/C32H35FN/c1-21-17-29(33)28(25-11-9-8-10-12-25)19-27(21)30-18-26(13-14-34(30)7)31-22(2)15-24(16-23(31)3)20-32(4,5)6/h8-19H,20H2,1-7H3/q+1/i2D3,3D3,20D2. The van der Waals surface area contributed by atoms with E-state index in [0.29, 0.717) is 33.5 Å². The summed E-state index contributed by atoms with van der Waals surface area (Å²) in [5.41, 5.74) is 2.06. The molecule has 0 amide bonds. The molecule has 0 aliphatic rings. The van der Waals surface area contributed by atoms with Crippen LogP contribution in [0.5, 0.6) is 0 Å². The number of rotatable bonds is 4. The van der Waals surface area contributed by atoms with Gasteiger partial charge < -0.3 is 0 Å². The van der Waals surface area contributed by atoms with E-state index in [1.54, 1.807) is 59.1 Å². The summed E-state index contributed by atoms with van der Waals surface area (Å²) < 4.78 is 84.5. The maximum absolute atomic E-state index is 15.1. The molecule has 1 heterocycles. The molecule has 0 saturated heterocycles. The molecule has 3 aromatic carbocycles. The van der Waals surface area contributed by atoms with Crippen LogP contribution >= 0.6 is 0 Å². The van der Waals surface area contributed by atoms with Gasteiger partial charge in [-0.05, 0) is 83.5 Å². The second-order valence-corrected chi connectivity index (χ2v) is 9.75. The second kappa shape index (κ2) is 9.18. The Morgan fingerprint density at radius 2 is 1.53 bits per heavy atom. The van der Waals surface area contributed by atoms with Crippen LogP contribution in [-0.2, 0) is 13.4 Å². The van der Waals surface area contributed by atoms with E-state index in [1.807, 2.05) is 34.9 Å². The van der Waals surface area contributed by atoms with Gasteiger partial charge in [0.1, 0.15) is 12.9 Å². The number of nitrogens with zero attached hydrogens (tertiary/aromatic N) is 1. The van der Waals surface area contributed by atoms with E-state index < -0.39 is 25.5 Å². The van der Waals surface area contributed by atoms with E-state index >= 15 is 4.39 Å². The maximum Gasteiger partial charge on any atom is 0.213 e. The fourth-order valence-corrected chi connectivity index (χ4v) is 4.24. The first-order valence-corrected chi connectivity index (χ1v) is 11.3. The highest BCUT2D eigenvalue weighted by atomic mass is 19.1. The molecule has 1 aromatic heterocycles. The third-order valence-corrected chi connectivity index (χ3v) is 5.77. The Kier molecular flexibility index (Phi) is 4.21. The minimum Gasteiger partial charge on any atom is -0.206 e. The first-order valence-electron chi connectivity index (χ1n) is 15.3. The van der Waals surface area contributed by atoms with Gasteiger partial charge in [-0.3, -0.25) is 0 Å². The fourth-order valence-electron chi connectivity index (χ4n) is 4.24. The highest BCUT2D eigenvalue weighted by Gasteiger charge is 2.20. The van der Waals surface area contributed by atoms with Gasteiger partial charge in [-0.15, -0.1) is 0 Å². The molecule has 0 fully saturated rings. The molecule has 0 bridgehead atoms. The number of aromatic nitrogens is 1. The summed E-state index contributed by atoms with van der Waals surface area (Å²) in [7, 11) is 1.81. The Balaban J connectivity index is 2.05. The first kappa shape index (κ1) is 15.6. The lowest BCUT2D eigenvalue weighted by Crippen LogP contribution is -2.30. The fraction of sp³-hybridized carbons (Fsp3) is 0.281. The lowest BCUT2D eigenvalue weighted by molar-refractivity contribution is -0.660. The number of pyridine rings is 1. The third-order valence-electron chi connectivity index (χ3n) is 5.77. The monoisotopic (exact) mass is 460 g/mol. The molecule has 1 nitrogen and oxygen atoms in total. The van der Waals surface area contributed by atoms with Crippen molar-refractivity contribution < 1.29 is 19.9 Å². The van der Waals surface area contributed by atoms with Gasteiger partial charge in [0.25, 0.3) is 0 Å². The van der Waals surface area contributed by atoms with Crippen LogP contribution in [0.1, 0.15) is 54.0 Å². The Bertz CT molecular complexity index is 1600. The van der Waals surface area contributed by atoms with Crippen LogP contribution in [0, 0.1) is 31.9 Å². The molecule has 0 atom stereocenters. The summed E-state index contributed by atoms with van der Waals surface area (Å²) in [5, 5.41) is 0. The minimum absolute atomic E-state index is 0.000378. The van der Waals surface area contributed by atoms with Gasteiger partial charge in [0, 0.05) is 34.2 Å². The predicted octanol–water partition coefficient (Wildman–Crippen LogP) is 8.17. The molecule has 0 radical (unpaired) electrons. The van der Waals surface area contributed by atoms with Crippen molar-refractivity contribution in [2.75, 3.05) is 0 Å². The first-order chi connectivity index (χ1) is 19.2. The van der Waals surface area contributed by atoms with Gasteiger partial charge in [-0.1, -0.05) is 63.2 Å². The average Bonchev–Trinajstić information content (AvgIpc) is 2.87. The van der Waals surface area contributed by atoms with Crippen LogP contribution in [-0.4, -0.2) is 0 Å². The zero-order valence-corrected chi connectivity index (χ0v) is 20.3. The van der Waals surface area contributed by atoms with Crippen molar-refractivity contribution in [3.05, 3.63) is 101 Å². The van der Waals surface area contributed by atoms with Crippen molar-refractivity contribution in [2.24, 2.45) is 12.5 Å². The molecule has 0 aliphatic carbocycles. The average molecular weight is 461 g/mol. The maximum atomic E-state index is 15.1. The molecule has 0 N–H and O–H groups in total. The molecule has 0 saturated carbocycles. The van der Waals surface area contributed by atoms with E-state index in [1.165, 1.54) is 18.2 Å². The normalized spacial score (nSPS) is 16.3. The molecule has 0 spiro atoms. The van der Waals surface area contributed by atoms with Crippen molar-refractivity contribution >= 4 is 0 Å². The summed E-state index contributed by atoms with van der Waals surface area (Å²) in [5.74, 6) is -0.376. The van der Waals surface area contributed by atoms with E-state index in [-0.39, 0.29) is 28.1 Å². The molecule has 0 aliphatic heterocycles. The number of hydrogen-bond acceptors (Lipinski definition) is 0. The number of hydrogen-bond donors (Lipinski definition) is 0. The topological polar surface area (TPSA) is 3.88 Å². The predicted molar refractivity (Wildman–Crippen MR) is 141 cm³/mol. The van der Waals surface area contributed by atoms with Crippen molar-refractivity contribution in [3.63, 3.8) is 0 Å². The third kappa shape index (κ3) is 4.97. The summed E-state index contributed by atoms with van der Waals surface area (Å²) in [6.45, 7) is 1.37. The van der Waals surface area contributed by atoms with Crippen LogP contribution in [0.3, 0.4) is 0 Å². The van der Waals surface area contributed by atoms with Gasteiger partial charge in [-0.2, -0.15) is 0 Å². The molecule has 34 heavy (non-hydrogen) atoms. The molecule has 0 unspecified atom stereocenters. The zero-order chi connectivity index (χ0) is 31.4. The summed E-state index contributed by atoms with van der Waals surface area (Å²) >= 11 is 0. The highest BCUT2D eigenvalue weighted by molar-refractivity contribution is 5.77. The molecule has 4 aromatic rings. The van der Waals surface area contributed by atoms with Crippen molar-refractivity contribution in [1.82, 2.24) is 0 Å². The van der Waals surface area contributed by atoms with Gasteiger partial charge in [-0.25, -0.2) is 8.96 Å². The molecule has 2 heteroatoms. The van der Waals surface area contributed by atoms with Crippen molar-refractivity contribution in [2.45, 2.75) is 47.8 Å². The second-order valence-electron chi connectivity index (χ2n) is 9.75. The van der Waals surface area contributed by atoms with Crippen LogP contribution < -0.4 is 4.57 Å². The quantitative estimate of drug-likeness (QED) is 0.270. The SMILES string of the molecule is [2H]C([2H])([2H])c1cc(C([2H])([2H])C(C)(C)C)cc(C([2H])([2H])[2H])c1-c1cc[n+](C)c(-c2cc(-c3ccccc3)c(F)cc2C)c1. The highest BCUT2D eigenvalue weighted by Crippen LogP contribution is 2.34. The van der Waals surface area contributed by atoms with Crippen molar-refractivity contribution in [1.29, 1.82) is 0 Å². The van der Waals surface area contributed by atoms with Crippen molar-refractivity contribution in [3.8, 4) is 33.5 Å². The number of benzene rings is 3. The Morgan fingerprint density at radius 3 is 2.15 bits per heavy atom. The van der Waals surface area contributed by atoms with Crippen LogP contribution in [0.25, 0.3) is 33.5 Å². The minimum atomic E-state index is -2.73. The van der Waals surface area contributed by atoms with E-state index in [2.05, 4.69) is 0 Å².